The van der Waals surface area contributed by atoms with E-state index in [9.17, 15) is 47.9 Å². The molecule has 1 saturated heterocycles. The predicted octanol–water partition coefficient (Wildman–Crippen LogP) is 4.50. The Morgan fingerprint density at radius 3 is 1.67 bits per heavy atom. The van der Waals surface area contributed by atoms with Gasteiger partial charge in [0.05, 0.1) is 16.6 Å². The number of aliphatic carboxylic acids is 3. The number of H-pyrrole nitrogens is 1. The van der Waals surface area contributed by atoms with Crippen molar-refractivity contribution in [3.8, 4) is 11.1 Å². The Balaban J connectivity index is 0.000000365. The minimum Gasteiger partial charge on any atom is -0.475 e. The van der Waals surface area contributed by atoms with E-state index in [1.54, 1.807) is 12.1 Å². The molecule has 5 rings (SSSR count). The molecule has 1 fully saturated rings. The Bertz CT molecular complexity index is 1890. The summed E-state index contributed by atoms with van der Waals surface area (Å²) < 4.78 is 119. The Kier molecular flexibility index (Phi) is 13.9. The summed E-state index contributed by atoms with van der Waals surface area (Å²) in [4.78, 5) is 35.9. The lowest BCUT2D eigenvalue weighted by atomic mass is 10.0. The van der Waals surface area contributed by atoms with Gasteiger partial charge in [0, 0.05) is 60.9 Å². The Morgan fingerprint density at radius 1 is 0.731 bits per heavy atom. The van der Waals surface area contributed by atoms with Crippen LogP contribution in [0.1, 0.15) is 0 Å². The van der Waals surface area contributed by atoms with E-state index in [1.165, 1.54) is 6.07 Å². The third-order valence-electron chi connectivity index (χ3n) is 6.41. The van der Waals surface area contributed by atoms with Crippen LogP contribution in [0, 0.1) is 0 Å². The highest BCUT2D eigenvalue weighted by molar-refractivity contribution is 7.89. The number of alkyl halides is 9. The van der Waals surface area contributed by atoms with E-state index in [2.05, 4.69) is 43.2 Å². The number of hydrogen-bond acceptors (Lipinski definition) is 9. The lowest BCUT2D eigenvalue weighted by Crippen LogP contribution is -2.46. The molecule has 284 valence electrons. The summed E-state index contributed by atoms with van der Waals surface area (Å²) in [6.45, 7) is 3.18. The number of benzene rings is 2. The number of fused-ring (bicyclic) bond motifs is 1. The third-order valence-corrected chi connectivity index (χ3v) is 7.32. The maximum atomic E-state index is 11.7. The quantitative estimate of drug-likeness (QED) is 0.181. The number of hydrogen-bond donors (Lipinski definition) is 5. The summed E-state index contributed by atoms with van der Waals surface area (Å²) in [6, 6.07) is 15.1. The topological polar surface area (TPSA) is 220 Å². The van der Waals surface area contributed by atoms with Crippen molar-refractivity contribution < 1.29 is 77.6 Å². The molecule has 0 aliphatic carbocycles. The SMILES string of the molecule is NS(=O)(=O)c1cccc(N2CCN(c3ccnc4ccc(-c5cn[nH]c5)cc34)CC2)c1.O=C(O)C(F)(F)F.O=C(O)C(F)(F)F.O=C(O)C(F)(F)F. The van der Waals surface area contributed by atoms with Crippen LogP contribution in [0.25, 0.3) is 22.0 Å². The standard InChI is InChI=1S/C22H22N6O2S.3C2HF3O2/c23-31(29,30)19-3-1-2-18(13-19)27-8-10-28(11-9-27)22-6-7-24-21-5-4-16(12-20(21)22)17-14-25-26-15-17;3*3-2(4,5)1(6)7/h1-7,12-15H,8-11H2,(H,25,26)(H2,23,29,30);3*(H,6,7). The normalized spacial score (nSPS) is 13.4. The number of carboxylic acid groups (broad SMARTS) is 3. The molecule has 0 spiro atoms. The van der Waals surface area contributed by atoms with Crippen LogP contribution in [0.15, 0.2) is 72.0 Å². The molecule has 0 radical (unpaired) electrons. The summed E-state index contributed by atoms with van der Waals surface area (Å²) >= 11 is 0. The number of sulfonamides is 1. The number of nitrogens with two attached hydrogens (primary N) is 1. The zero-order chi connectivity index (χ0) is 39.7. The molecule has 4 aromatic rings. The summed E-state index contributed by atoms with van der Waals surface area (Å²) in [6.07, 6.45) is -9.71. The van der Waals surface area contributed by atoms with E-state index < -0.39 is 46.5 Å². The average molecular weight is 777 g/mol. The van der Waals surface area contributed by atoms with Gasteiger partial charge in [-0.3, -0.25) is 10.1 Å². The first-order valence-corrected chi connectivity index (χ1v) is 15.3. The van der Waals surface area contributed by atoms with Gasteiger partial charge in [-0.2, -0.15) is 44.6 Å². The number of nitrogens with zero attached hydrogens (tertiary/aromatic N) is 4. The number of piperazine rings is 1. The molecule has 3 heterocycles. The van der Waals surface area contributed by atoms with Gasteiger partial charge in [-0.05, 0) is 42.0 Å². The fourth-order valence-electron chi connectivity index (χ4n) is 4.06. The van der Waals surface area contributed by atoms with E-state index in [1.807, 2.05) is 30.7 Å². The van der Waals surface area contributed by atoms with Crippen molar-refractivity contribution in [1.82, 2.24) is 15.2 Å². The highest BCUT2D eigenvalue weighted by atomic mass is 32.2. The Labute approximate surface area is 285 Å². The van der Waals surface area contributed by atoms with Crippen LogP contribution in [-0.4, -0.2) is 102 Å². The average Bonchev–Trinajstić information content (AvgIpc) is 3.59. The Morgan fingerprint density at radius 2 is 1.23 bits per heavy atom. The van der Waals surface area contributed by atoms with Crippen molar-refractivity contribution in [2.24, 2.45) is 5.14 Å². The minimum atomic E-state index is -5.08. The van der Waals surface area contributed by atoms with Crippen molar-refractivity contribution >= 4 is 50.2 Å². The first kappa shape index (κ1) is 42.5. The van der Waals surface area contributed by atoms with Gasteiger partial charge in [-0.1, -0.05) is 12.1 Å². The van der Waals surface area contributed by atoms with E-state index in [-0.39, 0.29) is 4.90 Å². The van der Waals surface area contributed by atoms with Gasteiger partial charge < -0.3 is 25.1 Å². The fourth-order valence-corrected chi connectivity index (χ4v) is 4.61. The van der Waals surface area contributed by atoms with Crippen molar-refractivity contribution in [2.75, 3.05) is 36.0 Å². The molecular weight excluding hydrogens is 751 g/mol. The molecule has 6 N–H and O–H groups in total. The number of halogens is 9. The van der Waals surface area contributed by atoms with Crippen molar-refractivity contribution in [2.45, 2.75) is 23.4 Å². The molecule has 1 aliphatic rings. The molecular formula is C28H25F9N6O8S. The molecule has 0 bridgehead atoms. The molecule has 1 aliphatic heterocycles. The summed E-state index contributed by atoms with van der Waals surface area (Å²) in [5.41, 5.74) is 5.10. The van der Waals surface area contributed by atoms with Crippen LogP contribution in [0.5, 0.6) is 0 Å². The summed E-state index contributed by atoms with van der Waals surface area (Å²) in [5, 5.41) is 34.7. The van der Waals surface area contributed by atoms with Crippen LogP contribution in [0.3, 0.4) is 0 Å². The predicted molar refractivity (Wildman–Crippen MR) is 163 cm³/mol. The summed E-state index contributed by atoms with van der Waals surface area (Å²) in [7, 11) is -3.72. The van der Waals surface area contributed by atoms with E-state index in [0.29, 0.717) is 0 Å². The number of pyridine rings is 1. The van der Waals surface area contributed by atoms with Crippen LogP contribution in [-0.2, 0) is 24.4 Å². The maximum Gasteiger partial charge on any atom is 0.490 e. The molecule has 2 aromatic heterocycles. The molecule has 2 aromatic carbocycles. The van der Waals surface area contributed by atoms with Gasteiger partial charge in [0.1, 0.15) is 0 Å². The zero-order valence-electron chi connectivity index (χ0n) is 25.7. The smallest absolute Gasteiger partial charge is 0.475 e. The van der Waals surface area contributed by atoms with Gasteiger partial charge in [0.25, 0.3) is 0 Å². The van der Waals surface area contributed by atoms with Crippen molar-refractivity contribution in [1.29, 1.82) is 0 Å². The van der Waals surface area contributed by atoms with Crippen molar-refractivity contribution in [3.63, 3.8) is 0 Å². The lowest BCUT2D eigenvalue weighted by molar-refractivity contribution is -0.193. The maximum absolute atomic E-state index is 11.7. The van der Waals surface area contributed by atoms with Gasteiger partial charge in [0.15, 0.2) is 0 Å². The highest BCUT2D eigenvalue weighted by Gasteiger charge is 2.39. The van der Waals surface area contributed by atoms with Crippen LogP contribution in [0.4, 0.5) is 50.9 Å². The number of carboxylic acids is 3. The largest absolute Gasteiger partial charge is 0.490 e. The lowest BCUT2D eigenvalue weighted by Gasteiger charge is -2.38. The van der Waals surface area contributed by atoms with Gasteiger partial charge in [0.2, 0.25) is 10.0 Å². The zero-order valence-corrected chi connectivity index (χ0v) is 26.6. The number of nitrogens with one attached hydrogen (secondary N) is 1. The molecule has 14 nitrogen and oxygen atoms in total. The highest BCUT2D eigenvalue weighted by Crippen LogP contribution is 2.31. The minimum absolute atomic E-state index is 0.138. The monoisotopic (exact) mass is 776 g/mol. The number of anilines is 2. The van der Waals surface area contributed by atoms with Crippen LogP contribution < -0.4 is 14.9 Å². The van der Waals surface area contributed by atoms with Gasteiger partial charge >= 0.3 is 36.4 Å². The number of rotatable bonds is 4. The fraction of sp³-hybridized carbons (Fsp3) is 0.250. The molecule has 24 heteroatoms. The van der Waals surface area contributed by atoms with Crippen LogP contribution in [0.2, 0.25) is 0 Å². The number of aromatic nitrogens is 3. The summed E-state index contributed by atoms with van der Waals surface area (Å²) in [5.74, 6) is -8.27. The molecule has 0 atom stereocenters. The first-order chi connectivity index (χ1) is 23.8. The first-order valence-electron chi connectivity index (χ1n) is 13.7. The van der Waals surface area contributed by atoms with Gasteiger partial charge in [-0.25, -0.2) is 27.9 Å². The Hall–Kier alpha value is -5.65. The molecule has 0 saturated carbocycles. The molecule has 0 unspecified atom stereocenters. The van der Waals surface area contributed by atoms with Crippen molar-refractivity contribution in [3.05, 3.63) is 67.1 Å². The third kappa shape index (κ3) is 12.9. The molecule has 52 heavy (non-hydrogen) atoms. The van der Waals surface area contributed by atoms with Crippen LogP contribution >= 0.6 is 0 Å². The van der Waals surface area contributed by atoms with E-state index >= 15 is 0 Å². The second-order valence-electron chi connectivity index (χ2n) is 9.97. The van der Waals surface area contributed by atoms with E-state index in [0.717, 1.165) is 59.6 Å². The van der Waals surface area contributed by atoms with Gasteiger partial charge in [-0.15, -0.1) is 0 Å². The molecule has 0 amide bonds. The number of carbonyl (C=O) groups is 3. The van der Waals surface area contributed by atoms with E-state index in [4.69, 9.17) is 34.8 Å². The number of primary sulfonamides is 1. The second kappa shape index (κ2) is 17.0. The second-order valence-corrected chi connectivity index (χ2v) is 11.5. The number of aromatic amines is 1.